The predicted octanol–water partition coefficient (Wildman–Crippen LogP) is 1.73. The van der Waals surface area contributed by atoms with Crippen molar-refractivity contribution in [1.82, 2.24) is 0 Å². The highest BCUT2D eigenvalue weighted by Crippen LogP contribution is 2.40. The van der Waals surface area contributed by atoms with E-state index in [0.29, 0.717) is 0 Å². The number of hydrogen-bond donors (Lipinski definition) is 2. The summed E-state index contributed by atoms with van der Waals surface area (Å²) in [5.41, 5.74) is 8.36. The average molecular weight is 191 g/mol. The van der Waals surface area contributed by atoms with Crippen molar-refractivity contribution in [3.05, 3.63) is 35.4 Å². The lowest BCUT2D eigenvalue weighted by atomic mass is 9.70. The van der Waals surface area contributed by atoms with E-state index in [4.69, 9.17) is 5.73 Å². The van der Waals surface area contributed by atoms with Gasteiger partial charge in [0.05, 0.1) is 12.1 Å². The molecule has 2 atom stereocenters. The molecular weight excluding hydrogens is 174 g/mol. The smallest absolute Gasteiger partial charge is 0.0741 e. The van der Waals surface area contributed by atoms with Crippen LogP contribution in [0, 0.1) is 0 Å². The van der Waals surface area contributed by atoms with Crippen LogP contribution in [0.4, 0.5) is 0 Å². The van der Waals surface area contributed by atoms with E-state index in [1.54, 1.807) is 0 Å². The van der Waals surface area contributed by atoms with Gasteiger partial charge in [-0.15, -0.1) is 0 Å². The van der Waals surface area contributed by atoms with Gasteiger partial charge in [-0.3, -0.25) is 0 Å². The maximum Gasteiger partial charge on any atom is 0.0741 e. The lowest BCUT2D eigenvalue weighted by Crippen LogP contribution is -2.39. The van der Waals surface area contributed by atoms with Gasteiger partial charge in [0.2, 0.25) is 0 Å². The normalized spacial score (nSPS) is 29.7. The Hall–Kier alpha value is -0.860. The van der Waals surface area contributed by atoms with Crippen LogP contribution in [0.25, 0.3) is 0 Å². The van der Waals surface area contributed by atoms with E-state index < -0.39 is 6.10 Å². The standard InChI is InChI=1S/C12H17NO/c1-12(2)7-10(14)11(13)8-5-3-4-6-9(8)12/h3-6,10-11,14H,7,13H2,1-2H3/t10?,11-/m0/s1. The molecule has 1 aliphatic rings. The van der Waals surface area contributed by atoms with Crippen LogP contribution in [-0.2, 0) is 5.41 Å². The summed E-state index contributed by atoms with van der Waals surface area (Å²) in [6, 6.07) is 7.92. The van der Waals surface area contributed by atoms with Crippen molar-refractivity contribution in [2.75, 3.05) is 0 Å². The predicted molar refractivity (Wildman–Crippen MR) is 57.0 cm³/mol. The molecule has 0 bridgehead atoms. The molecule has 14 heavy (non-hydrogen) atoms. The topological polar surface area (TPSA) is 46.2 Å². The highest BCUT2D eigenvalue weighted by atomic mass is 16.3. The first-order valence-electron chi connectivity index (χ1n) is 5.05. The molecule has 2 heteroatoms. The summed E-state index contributed by atoms with van der Waals surface area (Å²) in [7, 11) is 0. The Morgan fingerprint density at radius 2 is 2.00 bits per heavy atom. The summed E-state index contributed by atoms with van der Waals surface area (Å²) in [5, 5.41) is 9.84. The minimum absolute atomic E-state index is 0.0336. The maximum atomic E-state index is 9.84. The molecule has 0 fully saturated rings. The first kappa shape index (κ1) is 9.69. The fourth-order valence-electron chi connectivity index (χ4n) is 2.37. The van der Waals surface area contributed by atoms with Gasteiger partial charge in [0.25, 0.3) is 0 Å². The van der Waals surface area contributed by atoms with Crippen molar-refractivity contribution in [3.8, 4) is 0 Å². The van der Waals surface area contributed by atoms with Crippen molar-refractivity contribution >= 4 is 0 Å². The molecule has 2 nitrogen and oxygen atoms in total. The lowest BCUT2D eigenvalue weighted by Gasteiger charge is -2.38. The van der Waals surface area contributed by atoms with Crippen LogP contribution in [-0.4, -0.2) is 11.2 Å². The number of fused-ring (bicyclic) bond motifs is 1. The van der Waals surface area contributed by atoms with Gasteiger partial charge in [0.1, 0.15) is 0 Å². The molecule has 1 aliphatic carbocycles. The zero-order chi connectivity index (χ0) is 10.3. The Morgan fingerprint density at radius 1 is 1.36 bits per heavy atom. The second-order valence-corrected chi connectivity index (χ2v) is 4.77. The van der Waals surface area contributed by atoms with Crippen molar-refractivity contribution in [1.29, 1.82) is 0 Å². The molecule has 1 aromatic carbocycles. The van der Waals surface area contributed by atoms with Crippen molar-refractivity contribution in [2.24, 2.45) is 5.73 Å². The van der Waals surface area contributed by atoms with Gasteiger partial charge in [0.15, 0.2) is 0 Å². The summed E-state index contributed by atoms with van der Waals surface area (Å²) in [6.07, 6.45) is 0.324. The van der Waals surface area contributed by atoms with Gasteiger partial charge in [-0.1, -0.05) is 38.1 Å². The monoisotopic (exact) mass is 191 g/mol. The first-order chi connectivity index (χ1) is 6.52. The Balaban J connectivity index is 2.56. The summed E-state index contributed by atoms with van der Waals surface area (Å²) < 4.78 is 0. The van der Waals surface area contributed by atoms with Crippen LogP contribution in [0.2, 0.25) is 0 Å². The molecule has 0 heterocycles. The third-order valence-corrected chi connectivity index (χ3v) is 3.18. The zero-order valence-electron chi connectivity index (χ0n) is 8.70. The van der Waals surface area contributed by atoms with Gasteiger partial charge in [-0.25, -0.2) is 0 Å². The molecule has 0 aromatic heterocycles. The second-order valence-electron chi connectivity index (χ2n) is 4.77. The zero-order valence-corrected chi connectivity index (χ0v) is 8.70. The SMILES string of the molecule is CC1(C)CC(O)[C@@H](N)c2ccccc21. The van der Waals surface area contributed by atoms with Crippen LogP contribution in [0.1, 0.15) is 37.4 Å². The molecule has 0 spiro atoms. The number of benzene rings is 1. The van der Waals surface area contributed by atoms with Crippen LogP contribution in [0.3, 0.4) is 0 Å². The van der Waals surface area contributed by atoms with Gasteiger partial charge in [-0.05, 0) is 23.0 Å². The minimum atomic E-state index is -0.417. The highest BCUT2D eigenvalue weighted by Gasteiger charge is 2.36. The van der Waals surface area contributed by atoms with Gasteiger partial charge >= 0.3 is 0 Å². The van der Waals surface area contributed by atoms with Crippen LogP contribution in [0.5, 0.6) is 0 Å². The Kier molecular flexibility index (Phi) is 2.13. The van der Waals surface area contributed by atoms with Crippen molar-refractivity contribution in [2.45, 2.75) is 37.8 Å². The fourth-order valence-corrected chi connectivity index (χ4v) is 2.37. The molecule has 0 aliphatic heterocycles. The lowest BCUT2D eigenvalue weighted by molar-refractivity contribution is 0.0995. The average Bonchev–Trinajstić information content (AvgIpc) is 2.14. The quantitative estimate of drug-likeness (QED) is 0.656. The van der Waals surface area contributed by atoms with Gasteiger partial charge in [-0.2, -0.15) is 0 Å². The van der Waals surface area contributed by atoms with Crippen molar-refractivity contribution < 1.29 is 5.11 Å². The van der Waals surface area contributed by atoms with E-state index in [2.05, 4.69) is 19.9 Å². The molecule has 76 valence electrons. The van der Waals surface area contributed by atoms with Crippen LogP contribution in [0.15, 0.2) is 24.3 Å². The van der Waals surface area contributed by atoms with E-state index >= 15 is 0 Å². The molecule has 0 radical (unpaired) electrons. The Bertz CT molecular complexity index is 346. The number of aliphatic hydroxyl groups excluding tert-OH is 1. The molecule has 2 rings (SSSR count). The van der Waals surface area contributed by atoms with E-state index in [1.165, 1.54) is 5.56 Å². The molecule has 0 amide bonds. The summed E-state index contributed by atoms with van der Waals surface area (Å²) in [5.74, 6) is 0. The molecule has 1 aromatic rings. The van der Waals surface area contributed by atoms with Crippen LogP contribution < -0.4 is 5.73 Å². The molecule has 3 N–H and O–H groups in total. The third-order valence-electron chi connectivity index (χ3n) is 3.18. The number of hydrogen-bond acceptors (Lipinski definition) is 2. The van der Waals surface area contributed by atoms with E-state index in [9.17, 15) is 5.11 Å². The second kappa shape index (κ2) is 3.07. The molecule has 0 saturated heterocycles. The van der Waals surface area contributed by atoms with Gasteiger partial charge < -0.3 is 10.8 Å². The van der Waals surface area contributed by atoms with Crippen LogP contribution >= 0.6 is 0 Å². The van der Waals surface area contributed by atoms with E-state index in [1.807, 2.05) is 18.2 Å². The number of nitrogens with two attached hydrogens (primary N) is 1. The largest absolute Gasteiger partial charge is 0.391 e. The first-order valence-corrected chi connectivity index (χ1v) is 5.05. The van der Waals surface area contributed by atoms with E-state index in [0.717, 1.165) is 12.0 Å². The number of aliphatic hydroxyl groups is 1. The Labute approximate surface area is 84.7 Å². The molecule has 1 unspecified atom stereocenters. The summed E-state index contributed by atoms with van der Waals surface area (Å²) in [4.78, 5) is 0. The number of rotatable bonds is 0. The third kappa shape index (κ3) is 1.35. The Morgan fingerprint density at radius 3 is 2.71 bits per heavy atom. The minimum Gasteiger partial charge on any atom is -0.391 e. The molecular formula is C12H17NO. The summed E-state index contributed by atoms with van der Waals surface area (Å²) >= 11 is 0. The van der Waals surface area contributed by atoms with Crippen molar-refractivity contribution in [3.63, 3.8) is 0 Å². The summed E-state index contributed by atoms with van der Waals surface area (Å²) in [6.45, 7) is 4.31. The highest BCUT2D eigenvalue weighted by molar-refractivity contribution is 5.38. The molecule has 0 saturated carbocycles. The van der Waals surface area contributed by atoms with E-state index in [-0.39, 0.29) is 11.5 Å². The van der Waals surface area contributed by atoms with Gasteiger partial charge in [0, 0.05) is 0 Å². The fraction of sp³-hybridized carbons (Fsp3) is 0.500. The maximum absolute atomic E-state index is 9.84.